The van der Waals surface area contributed by atoms with Gasteiger partial charge in [-0.25, -0.2) is 4.79 Å². The lowest BCUT2D eigenvalue weighted by Crippen LogP contribution is -2.26. The normalized spacial score (nSPS) is 11.2. The summed E-state index contributed by atoms with van der Waals surface area (Å²) in [5.74, 6) is -1.39. The third-order valence-electron chi connectivity index (χ3n) is 1.35. The number of nitrogens with zero attached hydrogens (tertiary/aromatic N) is 1. The molecule has 0 aliphatic rings. The molecule has 0 aromatic heterocycles. The third-order valence-corrected chi connectivity index (χ3v) is 1.35. The molecule has 1 atom stereocenters. The minimum Gasteiger partial charge on any atom is -0.454 e. The van der Waals surface area contributed by atoms with Crippen LogP contribution >= 0.6 is 0 Å². The summed E-state index contributed by atoms with van der Waals surface area (Å²) < 4.78 is 4.48. The van der Waals surface area contributed by atoms with Crippen LogP contribution in [0.15, 0.2) is 12.2 Å². The van der Waals surface area contributed by atoms with Crippen LogP contribution in [-0.2, 0) is 14.3 Å². The molecule has 0 aromatic carbocycles. The molecule has 5 heteroatoms. The summed E-state index contributed by atoms with van der Waals surface area (Å²) in [6.07, 6.45) is -1.69. The van der Waals surface area contributed by atoms with Crippen molar-refractivity contribution < 1.29 is 19.4 Å². The van der Waals surface area contributed by atoms with Gasteiger partial charge in [-0.2, -0.15) is 5.26 Å². The SMILES string of the molecule is C=C(C)C(=O)OCC(=O)C(O)CC#N. The van der Waals surface area contributed by atoms with Crippen LogP contribution in [-0.4, -0.2) is 29.6 Å². The van der Waals surface area contributed by atoms with Crippen LogP contribution in [0.3, 0.4) is 0 Å². The minimum absolute atomic E-state index is 0.174. The predicted molar refractivity (Wildman–Crippen MR) is 47.0 cm³/mol. The highest BCUT2D eigenvalue weighted by molar-refractivity contribution is 5.91. The van der Waals surface area contributed by atoms with Gasteiger partial charge >= 0.3 is 5.97 Å². The van der Waals surface area contributed by atoms with E-state index in [9.17, 15) is 9.59 Å². The molecule has 5 nitrogen and oxygen atoms in total. The molecule has 0 saturated carbocycles. The first-order valence-corrected chi connectivity index (χ1v) is 3.89. The van der Waals surface area contributed by atoms with E-state index in [4.69, 9.17) is 10.4 Å². The molecule has 1 N–H and O–H groups in total. The summed E-state index contributed by atoms with van der Waals surface area (Å²) >= 11 is 0. The summed E-state index contributed by atoms with van der Waals surface area (Å²) in [6.45, 7) is 4.22. The fourth-order valence-corrected chi connectivity index (χ4v) is 0.556. The van der Waals surface area contributed by atoms with E-state index in [1.54, 1.807) is 6.07 Å². The van der Waals surface area contributed by atoms with Crippen LogP contribution in [0.2, 0.25) is 0 Å². The Hall–Kier alpha value is -1.67. The molecule has 0 saturated heterocycles. The maximum Gasteiger partial charge on any atom is 0.333 e. The molecule has 14 heavy (non-hydrogen) atoms. The number of ketones is 1. The summed E-state index contributed by atoms with van der Waals surface area (Å²) in [5.41, 5.74) is 0.174. The van der Waals surface area contributed by atoms with E-state index < -0.39 is 24.5 Å². The molecule has 0 aliphatic heterocycles. The quantitative estimate of drug-likeness (QED) is 0.493. The number of carbonyl (C=O) groups excluding carboxylic acids is 2. The van der Waals surface area contributed by atoms with Crippen molar-refractivity contribution in [1.82, 2.24) is 0 Å². The van der Waals surface area contributed by atoms with Crippen LogP contribution in [0.25, 0.3) is 0 Å². The van der Waals surface area contributed by atoms with Gasteiger partial charge in [0.25, 0.3) is 0 Å². The molecule has 0 amide bonds. The molecule has 0 radical (unpaired) electrons. The zero-order valence-electron chi connectivity index (χ0n) is 7.82. The Morgan fingerprint density at radius 3 is 2.64 bits per heavy atom. The van der Waals surface area contributed by atoms with Crippen molar-refractivity contribution in [2.45, 2.75) is 19.4 Å². The van der Waals surface area contributed by atoms with E-state index in [0.717, 1.165) is 0 Å². The fourth-order valence-electron chi connectivity index (χ4n) is 0.556. The predicted octanol–water partition coefficient (Wildman–Crippen LogP) is -0.0506. The smallest absolute Gasteiger partial charge is 0.333 e. The van der Waals surface area contributed by atoms with Crippen LogP contribution < -0.4 is 0 Å². The lowest BCUT2D eigenvalue weighted by atomic mass is 10.2. The van der Waals surface area contributed by atoms with E-state index in [1.165, 1.54) is 6.92 Å². The second-order valence-corrected chi connectivity index (χ2v) is 2.70. The lowest BCUT2D eigenvalue weighted by Gasteiger charge is -2.06. The van der Waals surface area contributed by atoms with Crippen molar-refractivity contribution in [1.29, 1.82) is 5.26 Å². The molecule has 76 valence electrons. The second kappa shape index (κ2) is 5.89. The molecule has 0 heterocycles. The number of nitriles is 1. The molecule has 0 rings (SSSR count). The van der Waals surface area contributed by atoms with E-state index in [2.05, 4.69) is 11.3 Å². The van der Waals surface area contributed by atoms with Crippen LogP contribution in [0.1, 0.15) is 13.3 Å². The number of Topliss-reactive ketones (excluding diaryl/α,β-unsaturated/α-hetero) is 1. The number of ether oxygens (including phenoxy) is 1. The minimum atomic E-state index is -1.39. The number of rotatable bonds is 5. The highest BCUT2D eigenvalue weighted by Crippen LogP contribution is 1.96. The molecule has 0 aliphatic carbocycles. The van der Waals surface area contributed by atoms with Gasteiger partial charge in [0.15, 0.2) is 12.4 Å². The van der Waals surface area contributed by atoms with Crippen LogP contribution in [0, 0.1) is 11.3 Å². The largest absolute Gasteiger partial charge is 0.454 e. The Balaban J connectivity index is 3.92. The molecular formula is C9H11NO4. The van der Waals surface area contributed by atoms with Crippen molar-refractivity contribution in [2.24, 2.45) is 0 Å². The first kappa shape index (κ1) is 12.3. The summed E-state index contributed by atoms with van der Waals surface area (Å²) in [6, 6.07) is 1.63. The van der Waals surface area contributed by atoms with Crippen molar-refractivity contribution in [3.05, 3.63) is 12.2 Å². The van der Waals surface area contributed by atoms with E-state index in [0.29, 0.717) is 0 Å². The first-order chi connectivity index (χ1) is 6.49. The number of hydrogen-bond acceptors (Lipinski definition) is 5. The van der Waals surface area contributed by atoms with Gasteiger partial charge in [-0.3, -0.25) is 4.79 Å². The van der Waals surface area contributed by atoms with Crippen LogP contribution in [0.5, 0.6) is 0 Å². The number of aliphatic hydroxyl groups excluding tert-OH is 1. The third kappa shape index (κ3) is 4.38. The Kier molecular flexibility index (Phi) is 5.19. The summed E-state index contributed by atoms with van der Waals surface area (Å²) in [5, 5.41) is 17.2. The molecule has 1 unspecified atom stereocenters. The topological polar surface area (TPSA) is 87.4 Å². The summed E-state index contributed by atoms with van der Waals surface area (Å²) in [7, 11) is 0. The van der Waals surface area contributed by atoms with Gasteiger partial charge in [-0.05, 0) is 6.92 Å². The van der Waals surface area contributed by atoms with Gasteiger partial charge in [0.1, 0.15) is 6.10 Å². The molecule has 0 spiro atoms. The number of carbonyl (C=O) groups is 2. The van der Waals surface area contributed by atoms with Crippen molar-refractivity contribution >= 4 is 11.8 Å². The Morgan fingerprint density at radius 2 is 2.21 bits per heavy atom. The van der Waals surface area contributed by atoms with Crippen molar-refractivity contribution in [3.8, 4) is 6.07 Å². The standard InChI is InChI=1S/C9H11NO4/c1-6(2)9(13)14-5-8(12)7(11)3-4-10/h7,11H,1,3,5H2,2H3. The van der Waals surface area contributed by atoms with E-state index in [1.807, 2.05) is 0 Å². The number of aliphatic hydroxyl groups is 1. The van der Waals surface area contributed by atoms with Crippen LogP contribution in [0.4, 0.5) is 0 Å². The van der Waals surface area contributed by atoms with Gasteiger partial charge in [-0.15, -0.1) is 0 Å². The Morgan fingerprint density at radius 1 is 1.64 bits per heavy atom. The number of esters is 1. The number of hydrogen-bond donors (Lipinski definition) is 1. The Labute approximate surface area is 81.6 Å². The maximum atomic E-state index is 11.0. The zero-order valence-corrected chi connectivity index (χ0v) is 7.82. The molecular weight excluding hydrogens is 186 g/mol. The fraction of sp³-hybridized carbons (Fsp3) is 0.444. The average molecular weight is 197 g/mol. The summed E-state index contributed by atoms with van der Waals surface area (Å²) in [4.78, 5) is 21.8. The van der Waals surface area contributed by atoms with Gasteiger partial charge in [0.05, 0.1) is 12.5 Å². The van der Waals surface area contributed by atoms with Gasteiger partial charge < -0.3 is 9.84 Å². The molecule has 0 bridgehead atoms. The van der Waals surface area contributed by atoms with Gasteiger partial charge in [0.2, 0.25) is 0 Å². The van der Waals surface area contributed by atoms with Gasteiger partial charge in [0, 0.05) is 5.57 Å². The highest BCUT2D eigenvalue weighted by atomic mass is 16.5. The molecule has 0 fully saturated rings. The lowest BCUT2D eigenvalue weighted by molar-refractivity contribution is -0.146. The van der Waals surface area contributed by atoms with E-state index in [-0.39, 0.29) is 12.0 Å². The second-order valence-electron chi connectivity index (χ2n) is 2.70. The first-order valence-electron chi connectivity index (χ1n) is 3.89. The van der Waals surface area contributed by atoms with E-state index >= 15 is 0 Å². The van der Waals surface area contributed by atoms with Crippen molar-refractivity contribution in [3.63, 3.8) is 0 Å². The highest BCUT2D eigenvalue weighted by Gasteiger charge is 2.16. The zero-order chi connectivity index (χ0) is 11.1. The monoisotopic (exact) mass is 197 g/mol. The molecule has 0 aromatic rings. The maximum absolute atomic E-state index is 11.0. The van der Waals surface area contributed by atoms with Crippen molar-refractivity contribution in [2.75, 3.05) is 6.61 Å². The average Bonchev–Trinajstić information content (AvgIpc) is 2.13. The Bertz CT molecular complexity index is 290. The van der Waals surface area contributed by atoms with Gasteiger partial charge in [-0.1, -0.05) is 6.58 Å².